The van der Waals surface area contributed by atoms with E-state index in [1.807, 2.05) is 21.6 Å². The van der Waals surface area contributed by atoms with Crippen LogP contribution < -0.4 is 0 Å². The highest BCUT2D eigenvalue weighted by atomic mass is 33.1. The van der Waals surface area contributed by atoms with Crippen LogP contribution >= 0.6 is 21.6 Å². The maximum atomic E-state index is 2.26. The monoisotopic (exact) mass is 240 g/mol. The number of rotatable bonds is 7. The second kappa shape index (κ2) is 8.12. The first kappa shape index (κ1) is 13.0. The van der Waals surface area contributed by atoms with Crippen LogP contribution in [0.4, 0.5) is 0 Å². The molecule has 0 radical (unpaired) electrons. The predicted molar refractivity (Wildman–Crippen MR) is 73.6 cm³/mol. The minimum Gasteiger partial charge on any atom is -0.0889 e. The molecule has 0 aromatic heterocycles. The quantitative estimate of drug-likeness (QED) is 0.467. The Hall–Kier alpha value is -0.0800. The van der Waals surface area contributed by atoms with Gasteiger partial charge in [-0.05, 0) is 25.0 Å². The smallest absolute Gasteiger partial charge is 0.0212 e. The van der Waals surface area contributed by atoms with Crippen molar-refractivity contribution in [3.05, 3.63) is 29.8 Å². The third-order valence-corrected chi connectivity index (χ3v) is 4.93. The summed E-state index contributed by atoms with van der Waals surface area (Å²) in [6, 6.07) is 8.61. The summed E-state index contributed by atoms with van der Waals surface area (Å²) in [7, 11) is 3.91. The number of unbranched alkanes of at least 4 members (excludes halogenated alkanes) is 3. The van der Waals surface area contributed by atoms with Gasteiger partial charge in [-0.15, -0.1) is 0 Å². The van der Waals surface area contributed by atoms with Gasteiger partial charge in [0, 0.05) is 10.6 Å². The average molecular weight is 240 g/mol. The molecule has 0 unspecified atom stereocenters. The van der Waals surface area contributed by atoms with Crippen LogP contribution in [0.25, 0.3) is 0 Å². The molecule has 0 saturated heterocycles. The third kappa shape index (κ3) is 5.53. The van der Waals surface area contributed by atoms with Gasteiger partial charge in [0.05, 0.1) is 0 Å². The molecule has 0 fully saturated rings. The van der Waals surface area contributed by atoms with E-state index in [0.717, 1.165) is 0 Å². The van der Waals surface area contributed by atoms with Gasteiger partial charge in [-0.1, -0.05) is 66.0 Å². The maximum absolute atomic E-state index is 2.26. The Bertz CT molecular complexity index is 271. The lowest BCUT2D eigenvalue weighted by atomic mass is 10.2. The van der Waals surface area contributed by atoms with Crippen molar-refractivity contribution in [2.75, 3.05) is 5.75 Å². The lowest BCUT2D eigenvalue weighted by Gasteiger charge is -2.03. The van der Waals surface area contributed by atoms with Crippen molar-refractivity contribution in [3.8, 4) is 0 Å². The predicted octanol–water partition coefficient (Wildman–Crippen LogP) is 5.32. The van der Waals surface area contributed by atoms with Crippen molar-refractivity contribution >= 4 is 21.6 Å². The summed E-state index contributed by atoms with van der Waals surface area (Å²) in [6.45, 7) is 4.44. The van der Waals surface area contributed by atoms with Gasteiger partial charge >= 0.3 is 0 Å². The second-order valence-electron chi connectivity index (χ2n) is 3.73. The van der Waals surface area contributed by atoms with Crippen LogP contribution in [-0.4, -0.2) is 5.75 Å². The molecule has 0 saturated carbocycles. The minimum absolute atomic E-state index is 1.28. The van der Waals surface area contributed by atoms with Crippen LogP contribution in [0.2, 0.25) is 0 Å². The van der Waals surface area contributed by atoms with E-state index < -0.39 is 0 Å². The Morgan fingerprint density at radius 1 is 1.07 bits per heavy atom. The minimum atomic E-state index is 1.28. The Kier molecular flexibility index (Phi) is 7.03. The first-order valence-corrected chi connectivity index (χ1v) is 8.01. The molecule has 0 nitrogen and oxygen atoms in total. The van der Waals surface area contributed by atoms with Crippen molar-refractivity contribution in [3.63, 3.8) is 0 Å². The third-order valence-electron chi connectivity index (χ3n) is 2.32. The van der Waals surface area contributed by atoms with Crippen molar-refractivity contribution in [1.82, 2.24) is 0 Å². The summed E-state index contributed by atoms with van der Waals surface area (Å²) < 4.78 is 0. The molecule has 0 amide bonds. The summed E-state index contributed by atoms with van der Waals surface area (Å²) in [5, 5.41) is 0. The summed E-state index contributed by atoms with van der Waals surface area (Å²) in [5.41, 5.74) is 1.39. The zero-order valence-corrected chi connectivity index (χ0v) is 11.3. The van der Waals surface area contributed by atoms with E-state index in [1.54, 1.807) is 0 Å². The highest BCUT2D eigenvalue weighted by molar-refractivity contribution is 8.76. The van der Waals surface area contributed by atoms with Crippen molar-refractivity contribution in [1.29, 1.82) is 0 Å². The molecule has 84 valence electrons. The Balaban J connectivity index is 2.12. The molecule has 0 bridgehead atoms. The molecular weight excluding hydrogens is 220 g/mol. The van der Waals surface area contributed by atoms with Gasteiger partial charge < -0.3 is 0 Å². The molecule has 0 heterocycles. The van der Waals surface area contributed by atoms with Crippen molar-refractivity contribution in [2.24, 2.45) is 0 Å². The normalized spacial score (nSPS) is 10.5. The van der Waals surface area contributed by atoms with Crippen LogP contribution in [0.3, 0.4) is 0 Å². The highest BCUT2D eigenvalue weighted by Crippen LogP contribution is 2.33. The lowest BCUT2D eigenvalue weighted by Crippen LogP contribution is -1.79. The van der Waals surface area contributed by atoms with Crippen molar-refractivity contribution in [2.45, 2.75) is 44.4 Å². The SMILES string of the molecule is CCCCCCSSc1ccccc1C. The van der Waals surface area contributed by atoms with Gasteiger partial charge in [-0.25, -0.2) is 0 Å². The van der Waals surface area contributed by atoms with Crippen molar-refractivity contribution < 1.29 is 0 Å². The van der Waals surface area contributed by atoms with Crippen LogP contribution in [0.1, 0.15) is 38.2 Å². The maximum Gasteiger partial charge on any atom is 0.0212 e. The zero-order chi connectivity index (χ0) is 10.9. The fourth-order valence-electron chi connectivity index (χ4n) is 1.34. The van der Waals surface area contributed by atoms with E-state index in [9.17, 15) is 0 Å². The lowest BCUT2D eigenvalue weighted by molar-refractivity contribution is 0.707. The molecule has 1 aromatic carbocycles. The second-order valence-corrected chi connectivity index (χ2v) is 6.19. The molecule has 0 spiro atoms. The largest absolute Gasteiger partial charge is 0.0889 e. The molecule has 1 rings (SSSR count). The molecule has 15 heavy (non-hydrogen) atoms. The van der Waals surface area contributed by atoms with Gasteiger partial charge in [0.1, 0.15) is 0 Å². The standard InChI is InChI=1S/C13H20S2/c1-3-4-5-8-11-14-15-13-10-7-6-9-12(13)2/h6-7,9-10H,3-5,8,11H2,1-2H3. The molecule has 0 aliphatic heterocycles. The van der Waals surface area contributed by atoms with Crippen LogP contribution in [0.5, 0.6) is 0 Å². The van der Waals surface area contributed by atoms with Gasteiger partial charge in [0.2, 0.25) is 0 Å². The van der Waals surface area contributed by atoms with Crippen LogP contribution in [-0.2, 0) is 0 Å². The Morgan fingerprint density at radius 3 is 2.60 bits per heavy atom. The first-order chi connectivity index (χ1) is 7.34. The van der Waals surface area contributed by atoms with Gasteiger partial charge in [0.25, 0.3) is 0 Å². The fourth-order valence-corrected chi connectivity index (χ4v) is 3.75. The van der Waals surface area contributed by atoms with Gasteiger partial charge in [-0.2, -0.15) is 0 Å². The molecular formula is C13H20S2. The summed E-state index contributed by atoms with van der Waals surface area (Å²) in [5.74, 6) is 1.28. The van der Waals surface area contributed by atoms with Crippen LogP contribution in [0, 0.1) is 6.92 Å². The Labute approximate surface area is 102 Å². The number of benzene rings is 1. The van der Waals surface area contributed by atoms with Gasteiger partial charge in [0.15, 0.2) is 0 Å². The zero-order valence-electron chi connectivity index (χ0n) is 9.66. The topological polar surface area (TPSA) is 0 Å². The molecule has 2 heteroatoms. The Morgan fingerprint density at radius 2 is 1.87 bits per heavy atom. The molecule has 0 atom stereocenters. The molecule has 0 aliphatic carbocycles. The molecule has 1 aromatic rings. The number of aryl methyl sites for hydroxylation is 1. The van der Waals surface area contributed by atoms with E-state index in [0.29, 0.717) is 0 Å². The number of hydrogen-bond donors (Lipinski definition) is 0. The summed E-state index contributed by atoms with van der Waals surface area (Å²) in [4.78, 5) is 1.41. The van der Waals surface area contributed by atoms with E-state index >= 15 is 0 Å². The molecule has 0 aliphatic rings. The van der Waals surface area contributed by atoms with E-state index in [1.165, 1.54) is 41.9 Å². The van der Waals surface area contributed by atoms with E-state index in [4.69, 9.17) is 0 Å². The fraction of sp³-hybridized carbons (Fsp3) is 0.538. The number of hydrogen-bond acceptors (Lipinski definition) is 2. The van der Waals surface area contributed by atoms with E-state index in [-0.39, 0.29) is 0 Å². The molecule has 0 N–H and O–H groups in total. The van der Waals surface area contributed by atoms with Gasteiger partial charge in [-0.3, -0.25) is 0 Å². The summed E-state index contributed by atoms with van der Waals surface area (Å²) in [6.07, 6.45) is 5.46. The van der Waals surface area contributed by atoms with Crippen LogP contribution in [0.15, 0.2) is 29.2 Å². The highest BCUT2D eigenvalue weighted by Gasteiger charge is 1.97. The summed E-state index contributed by atoms with van der Waals surface area (Å²) >= 11 is 0. The average Bonchev–Trinajstić information content (AvgIpc) is 2.25. The van der Waals surface area contributed by atoms with E-state index in [2.05, 4.69) is 38.1 Å². The first-order valence-electron chi connectivity index (χ1n) is 5.69.